The third kappa shape index (κ3) is 4.45. The van der Waals surface area contributed by atoms with Gasteiger partial charge in [-0.25, -0.2) is 21.8 Å². The molecule has 2 aromatic heterocycles. The van der Waals surface area contributed by atoms with Gasteiger partial charge in [0.1, 0.15) is 11.6 Å². The van der Waals surface area contributed by atoms with Crippen molar-refractivity contribution in [2.75, 3.05) is 25.1 Å². The van der Waals surface area contributed by atoms with Crippen LogP contribution in [0.2, 0.25) is 0 Å². The monoisotopic (exact) mass is 496 g/mol. The van der Waals surface area contributed by atoms with Gasteiger partial charge in [0.25, 0.3) is 10.0 Å². The molecule has 3 heterocycles. The Labute approximate surface area is 200 Å². The molecule has 0 aliphatic carbocycles. The molecule has 1 unspecified atom stereocenters. The first kappa shape index (κ1) is 23.0. The van der Waals surface area contributed by atoms with Crippen LogP contribution in [0.3, 0.4) is 0 Å². The second-order valence-corrected chi connectivity index (χ2v) is 11.3. The van der Waals surface area contributed by atoms with Gasteiger partial charge >= 0.3 is 0 Å². The molecule has 1 fully saturated rings. The number of fused-ring (bicyclic) bond motifs is 1. The molecule has 0 spiro atoms. The Kier molecular flexibility index (Phi) is 6.38. The predicted octanol–water partition coefficient (Wildman–Crippen LogP) is 5.18. The molecule has 1 aliphatic heterocycles. The fourth-order valence-electron chi connectivity index (χ4n) is 4.40. The lowest BCUT2D eigenvalue weighted by Gasteiger charge is -2.31. The molecule has 1 aliphatic rings. The van der Waals surface area contributed by atoms with Crippen LogP contribution in [-0.4, -0.2) is 47.8 Å². The summed E-state index contributed by atoms with van der Waals surface area (Å²) in [6, 6.07) is 16.6. The van der Waals surface area contributed by atoms with Crippen LogP contribution < -0.4 is 5.32 Å². The number of pyridine rings is 1. The second-order valence-electron chi connectivity index (χ2n) is 8.38. The van der Waals surface area contributed by atoms with Crippen molar-refractivity contribution in [3.63, 3.8) is 0 Å². The van der Waals surface area contributed by atoms with E-state index >= 15 is 0 Å². The topological polar surface area (TPSA) is 67.2 Å². The van der Waals surface area contributed by atoms with Crippen LogP contribution in [0.5, 0.6) is 0 Å². The molecule has 6 nitrogen and oxygen atoms in total. The standard InChI is InChI=1S/C25H26FN4O2PS/c1-33-29-13-11-20(12-14-29)28-25-10-7-18(16-27-25)23-17-30(24-15-19(26)8-9-22(23)24)34(31,32)21-5-3-2-4-6-21/h2-10,15-17,20,33H,11-14H2,1H3,(H,27,28). The summed E-state index contributed by atoms with van der Waals surface area (Å²) in [7, 11) is -3.04. The number of hydrogen-bond donors (Lipinski definition) is 1. The maximum Gasteiger partial charge on any atom is 0.268 e. The summed E-state index contributed by atoms with van der Waals surface area (Å²) < 4.78 is 44.4. The van der Waals surface area contributed by atoms with E-state index in [0.29, 0.717) is 22.5 Å². The van der Waals surface area contributed by atoms with Crippen LogP contribution in [0.1, 0.15) is 12.8 Å². The van der Waals surface area contributed by atoms with Crippen LogP contribution in [0.25, 0.3) is 22.0 Å². The maximum atomic E-state index is 14.1. The summed E-state index contributed by atoms with van der Waals surface area (Å²) in [5.41, 5.74) is 1.75. The Morgan fingerprint density at radius 2 is 1.82 bits per heavy atom. The Balaban J connectivity index is 1.48. The fourth-order valence-corrected chi connectivity index (χ4v) is 6.49. The van der Waals surface area contributed by atoms with Gasteiger partial charge in [0.15, 0.2) is 0 Å². The van der Waals surface area contributed by atoms with E-state index in [-0.39, 0.29) is 4.90 Å². The molecule has 1 saturated heterocycles. The summed E-state index contributed by atoms with van der Waals surface area (Å²) in [6.07, 6.45) is 5.46. The number of anilines is 1. The van der Waals surface area contributed by atoms with Crippen LogP contribution in [0.4, 0.5) is 10.2 Å². The lowest BCUT2D eigenvalue weighted by molar-refractivity contribution is 0.354. The molecule has 0 bridgehead atoms. The summed E-state index contributed by atoms with van der Waals surface area (Å²) in [5.74, 6) is 0.307. The number of benzene rings is 2. The first-order valence-corrected chi connectivity index (χ1v) is 14.1. The van der Waals surface area contributed by atoms with E-state index in [1.807, 2.05) is 12.1 Å². The van der Waals surface area contributed by atoms with Crippen molar-refractivity contribution in [2.24, 2.45) is 0 Å². The van der Waals surface area contributed by atoms with E-state index in [1.54, 1.807) is 36.7 Å². The van der Waals surface area contributed by atoms with Crippen molar-refractivity contribution >= 4 is 35.5 Å². The largest absolute Gasteiger partial charge is 0.367 e. The highest BCUT2D eigenvalue weighted by atomic mass is 32.2. The van der Waals surface area contributed by atoms with Gasteiger partial charge in [-0.2, -0.15) is 0 Å². The lowest BCUT2D eigenvalue weighted by atomic mass is 10.1. The zero-order chi connectivity index (χ0) is 23.7. The van der Waals surface area contributed by atoms with Gasteiger partial charge in [-0.3, -0.25) is 4.67 Å². The average Bonchev–Trinajstić information content (AvgIpc) is 3.25. The predicted molar refractivity (Wildman–Crippen MR) is 137 cm³/mol. The van der Waals surface area contributed by atoms with Crippen LogP contribution in [-0.2, 0) is 10.0 Å². The normalized spacial score (nSPS) is 15.9. The Bertz CT molecular complexity index is 1400. The van der Waals surface area contributed by atoms with Crippen molar-refractivity contribution in [1.29, 1.82) is 0 Å². The van der Waals surface area contributed by atoms with Gasteiger partial charge in [0, 0.05) is 48.0 Å². The van der Waals surface area contributed by atoms with E-state index in [1.165, 1.54) is 24.3 Å². The molecule has 176 valence electrons. The molecular formula is C25H26FN4O2PS. The van der Waals surface area contributed by atoms with Crippen LogP contribution >= 0.6 is 8.73 Å². The minimum absolute atomic E-state index is 0.148. The average molecular weight is 497 g/mol. The van der Waals surface area contributed by atoms with E-state index in [9.17, 15) is 12.8 Å². The number of aromatic nitrogens is 2. The molecule has 0 saturated carbocycles. The molecule has 0 amide bonds. The van der Waals surface area contributed by atoms with Crippen molar-refractivity contribution in [3.05, 3.63) is 78.9 Å². The molecule has 1 atom stereocenters. The van der Waals surface area contributed by atoms with Crippen molar-refractivity contribution in [1.82, 2.24) is 13.6 Å². The molecule has 9 heteroatoms. The van der Waals surface area contributed by atoms with Crippen molar-refractivity contribution in [2.45, 2.75) is 23.8 Å². The summed E-state index contributed by atoms with van der Waals surface area (Å²) >= 11 is 0. The fraction of sp³-hybridized carbons (Fsp3) is 0.240. The van der Waals surface area contributed by atoms with Gasteiger partial charge in [0.2, 0.25) is 0 Å². The third-order valence-corrected chi connectivity index (χ3v) is 9.04. The number of piperidine rings is 1. The van der Waals surface area contributed by atoms with Crippen molar-refractivity contribution < 1.29 is 12.8 Å². The molecule has 34 heavy (non-hydrogen) atoms. The van der Waals surface area contributed by atoms with Gasteiger partial charge < -0.3 is 5.32 Å². The zero-order valence-electron chi connectivity index (χ0n) is 18.8. The van der Waals surface area contributed by atoms with Gasteiger partial charge in [-0.05, 0) is 62.0 Å². The first-order valence-electron chi connectivity index (χ1n) is 11.2. The summed E-state index contributed by atoms with van der Waals surface area (Å²) in [4.78, 5) is 4.73. The smallest absolute Gasteiger partial charge is 0.268 e. The zero-order valence-corrected chi connectivity index (χ0v) is 20.6. The summed E-state index contributed by atoms with van der Waals surface area (Å²) in [5, 5.41) is 4.16. The minimum Gasteiger partial charge on any atom is -0.367 e. The maximum absolute atomic E-state index is 14.1. The van der Waals surface area contributed by atoms with E-state index in [0.717, 1.165) is 50.0 Å². The SMILES string of the molecule is CPN1CCC(Nc2ccc(-c3cn(S(=O)(=O)c4ccccc4)c4cc(F)ccc34)cn2)CC1. The number of hydrogen-bond acceptors (Lipinski definition) is 5. The highest BCUT2D eigenvalue weighted by Gasteiger charge is 2.23. The number of nitrogens with zero attached hydrogens (tertiary/aromatic N) is 3. The van der Waals surface area contributed by atoms with Crippen molar-refractivity contribution in [3.8, 4) is 11.1 Å². The lowest BCUT2D eigenvalue weighted by Crippen LogP contribution is -2.35. The number of nitrogens with one attached hydrogen (secondary N) is 1. The number of halogens is 1. The van der Waals surface area contributed by atoms with E-state index in [4.69, 9.17) is 0 Å². The second kappa shape index (κ2) is 9.45. The van der Waals surface area contributed by atoms with E-state index in [2.05, 4.69) is 21.6 Å². The molecule has 1 N–H and O–H groups in total. The number of rotatable bonds is 6. The Morgan fingerprint density at radius 3 is 2.50 bits per heavy atom. The minimum atomic E-state index is -3.89. The Hall–Kier alpha value is -2.80. The Morgan fingerprint density at radius 1 is 1.06 bits per heavy atom. The van der Waals surface area contributed by atoms with Crippen LogP contribution in [0.15, 0.2) is 78.0 Å². The quantitative estimate of drug-likeness (QED) is 0.373. The first-order chi connectivity index (χ1) is 16.5. The molecule has 0 radical (unpaired) electrons. The van der Waals surface area contributed by atoms with E-state index < -0.39 is 15.8 Å². The summed E-state index contributed by atoms with van der Waals surface area (Å²) in [6.45, 7) is 4.40. The van der Waals surface area contributed by atoms with Gasteiger partial charge in [-0.15, -0.1) is 0 Å². The molecule has 4 aromatic rings. The van der Waals surface area contributed by atoms with Gasteiger partial charge in [0.05, 0.1) is 10.4 Å². The highest BCUT2D eigenvalue weighted by Crippen LogP contribution is 2.34. The van der Waals surface area contributed by atoms with Crippen LogP contribution in [0, 0.1) is 5.82 Å². The molecule has 5 rings (SSSR count). The molecular weight excluding hydrogens is 470 g/mol. The third-order valence-electron chi connectivity index (χ3n) is 6.27. The highest BCUT2D eigenvalue weighted by molar-refractivity contribution is 7.90. The molecule has 2 aromatic carbocycles. The van der Waals surface area contributed by atoms with Gasteiger partial charge in [-0.1, -0.05) is 26.9 Å².